The number of hydrogen-bond donors (Lipinski definition) is 0. The molecule has 0 aliphatic rings. The Hall–Kier alpha value is -1.42. The van der Waals surface area contributed by atoms with Gasteiger partial charge in [0.15, 0.2) is 0 Å². The van der Waals surface area contributed by atoms with Crippen molar-refractivity contribution >= 4 is 11.5 Å². The van der Waals surface area contributed by atoms with Crippen LogP contribution < -0.4 is 4.74 Å². The van der Waals surface area contributed by atoms with Crippen molar-refractivity contribution in [3.8, 4) is 16.3 Å². The number of methoxy groups -OCH3 is 1. The lowest BCUT2D eigenvalue weighted by Gasteiger charge is -1.99. The molecule has 0 bridgehead atoms. The average molecular weight is 223 g/mol. The van der Waals surface area contributed by atoms with E-state index in [9.17, 15) is 4.39 Å². The summed E-state index contributed by atoms with van der Waals surface area (Å²) in [6.45, 7) is 1.74. The van der Waals surface area contributed by atoms with E-state index >= 15 is 0 Å². The molecule has 15 heavy (non-hydrogen) atoms. The summed E-state index contributed by atoms with van der Waals surface area (Å²) in [6, 6.07) is 6.96. The van der Waals surface area contributed by atoms with E-state index in [1.165, 1.54) is 17.6 Å². The van der Waals surface area contributed by atoms with Gasteiger partial charge in [-0.2, -0.15) is 4.37 Å². The molecular weight excluding hydrogens is 213 g/mol. The predicted octanol–water partition coefficient (Wildman–Crippen LogP) is 3.27. The summed E-state index contributed by atoms with van der Waals surface area (Å²) in [5, 5.41) is 0. The predicted molar refractivity (Wildman–Crippen MR) is 58.8 cm³/mol. The molecule has 2 nitrogen and oxygen atoms in total. The maximum Gasteiger partial charge on any atom is 0.225 e. The molecule has 0 radical (unpaired) electrons. The van der Waals surface area contributed by atoms with Crippen molar-refractivity contribution in [2.45, 2.75) is 6.92 Å². The monoisotopic (exact) mass is 223 g/mol. The second-order valence-electron chi connectivity index (χ2n) is 3.20. The molecule has 1 aromatic heterocycles. The van der Waals surface area contributed by atoms with Gasteiger partial charge < -0.3 is 4.74 Å². The Morgan fingerprint density at radius 1 is 1.33 bits per heavy atom. The van der Waals surface area contributed by atoms with E-state index in [1.807, 2.05) is 6.07 Å². The van der Waals surface area contributed by atoms with Crippen LogP contribution in [0.3, 0.4) is 0 Å². The molecule has 0 aliphatic heterocycles. The second kappa shape index (κ2) is 3.98. The summed E-state index contributed by atoms with van der Waals surface area (Å²) in [7, 11) is 1.56. The van der Waals surface area contributed by atoms with E-state index in [2.05, 4.69) is 4.37 Å². The van der Waals surface area contributed by atoms with Gasteiger partial charge in [-0.05, 0) is 35.6 Å². The zero-order valence-corrected chi connectivity index (χ0v) is 9.27. The van der Waals surface area contributed by atoms with Gasteiger partial charge in [-0.25, -0.2) is 4.39 Å². The van der Waals surface area contributed by atoms with Crippen LogP contribution in [0, 0.1) is 12.7 Å². The van der Waals surface area contributed by atoms with Crippen molar-refractivity contribution in [3.63, 3.8) is 0 Å². The van der Waals surface area contributed by atoms with Crippen molar-refractivity contribution in [1.29, 1.82) is 0 Å². The van der Waals surface area contributed by atoms with Gasteiger partial charge >= 0.3 is 0 Å². The zero-order valence-electron chi connectivity index (χ0n) is 8.45. The number of ether oxygens (including phenoxy) is 1. The lowest BCUT2D eigenvalue weighted by atomic mass is 10.1. The van der Waals surface area contributed by atoms with Gasteiger partial charge in [-0.1, -0.05) is 12.1 Å². The van der Waals surface area contributed by atoms with Gasteiger partial charge in [0.05, 0.1) is 12.0 Å². The smallest absolute Gasteiger partial charge is 0.225 e. The van der Waals surface area contributed by atoms with Gasteiger partial charge in [0, 0.05) is 6.07 Å². The van der Waals surface area contributed by atoms with Gasteiger partial charge in [0.1, 0.15) is 5.82 Å². The molecular formula is C11H10FNOS. The van der Waals surface area contributed by atoms with E-state index < -0.39 is 0 Å². The molecule has 1 aromatic carbocycles. The molecule has 2 rings (SSSR count). The number of aromatic nitrogens is 1. The molecule has 0 spiro atoms. The number of nitrogens with zero attached hydrogens (tertiary/aromatic N) is 1. The molecule has 0 saturated carbocycles. The van der Waals surface area contributed by atoms with E-state index in [1.54, 1.807) is 26.2 Å². The Labute approximate surface area is 91.5 Å². The van der Waals surface area contributed by atoms with Crippen LogP contribution in [0.1, 0.15) is 5.56 Å². The van der Waals surface area contributed by atoms with Crippen LogP contribution in [0.2, 0.25) is 0 Å². The topological polar surface area (TPSA) is 22.1 Å². The summed E-state index contributed by atoms with van der Waals surface area (Å²) in [5.41, 5.74) is 1.48. The number of benzene rings is 1. The molecule has 0 unspecified atom stereocenters. The molecule has 0 fully saturated rings. The van der Waals surface area contributed by atoms with Crippen LogP contribution in [0.5, 0.6) is 5.88 Å². The van der Waals surface area contributed by atoms with Gasteiger partial charge in [0.2, 0.25) is 5.88 Å². The maximum absolute atomic E-state index is 13.3. The van der Waals surface area contributed by atoms with Crippen LogP contribution in [-0.2, 0) is 0 Å². The Kier molecular flexibility index (Phi) is 2.68. The molecule has 0 atom stereocenters. The van der Waals surface area contributed by atoms with Crippen molar-refractivity contribution in [2.75, 3.05) is 7.11 Å². The van der Waals surface area contributed by atoms with Crippen LogP contribution in [-0.4, -0.2) is 11.5 Å². The first-order chi connectivity index (χ1) is 7.20. The highest BCUT2D eigenvalue weighted by Crippen LogP contribution is 2.28. The fourth-order valence-electron chi connectivity index (χ4n) is 1.24. The summed E-state index contributed by atoms with van der Waals surface area (Å²) in [4.78, 5) is 0.908. The van der Waals surface area contributed by atoms with Crippen LogP contribution in [0.25, 0.3) is 10.4 Å². The Balaban J connectivity index is 2.40. The highest BCUT2D eigenvalue weighted by Gasteiger charge is 2.06. The Morgan fingerprint density at radius 3 is 2.73 bits per heavy atom. The molecule has 0 N–H and O–H groups in total. The highest BCUT2D eigenvalue weighted by molar-refractivity contribution is 7.09. The first-order valence-corrected chi connectivity index (χ1v) is 5.25. The third kappa shape index (κ3) is 1.99. The molecule has 0 aliphatic carbocycles. The van der Waals surface area contributed by atoms with Crippen molar-refractivity contribution in [2.24, 2.45) is 0 Å². The van der Waals surface area contributed by atoms with Crippen LogP contribution >= 0.6 is 11.5 Å². The molecule has 0 amide bonds. The SMILES string of the molecule is COc1cc(-c2ccc(C)c(F)c2)sn1. The summed E-state index contributed by atoms with van der Waals surface area (Å²) in [6.07, 6.45) is 0. The zero-order chi connectivity index (χ0) is 10.8. The lowest BCUT2D eigenvalue weighted by Crippen LogP contribution is -1.82. The second-order valence-corrected chi connectivity index (χ2v) is 4.00. The third-order valence-corrected chi connectivity index (χ3v) is 2.98. The summed E-state index contributed by atoms with van der Waals surface area (Å²) in [5.74, 6) is 0.371. The molecule has 4 heteroatoms. The largest absolute Gasteiger partial charge is 0.480 e. The number of aryl methyl sites for hydroxylation is 1. The van der Waals surface area contributed by atoms with Crippen molar-refractivity contribution in [1.82, 2.24) is 4.37 Å². The Bertz CT molecular complexity index is 481. The minimum absolute atomic E-state index is 0.195. The van der Waals surface area contributed by atoms with E-state index in [4.69, 9.17) is 4.74 Å². The standard InChI is InChI=1S/C11H10FNOS/c1-7-3-4-8(5-9(7)12)10-6-11(14-2)13-15-10/h3-6H,1-2H3. The van der Waals surface area contributed by atoms with Crippen molar-refractivity contribution in [3.05, 3.63) is 35.6 Å². The number of hydrogen-bond acceptors (Lipinski definition) is 3. The molecule has 0 saturated heterocycles. The first kappa shape index (κ1) is 10.1. The minimum Gasteiger partial charge on any atom is -0.480 e. The molecule has 2 aromatic rings. The Morgan fingerprint density at radius 2 is 2.13 bits per heavy atom. The minimum atomic E-state index is -0.195. The number of halogens is 1. The van der Waals surface area contributed by atoms with Crippen LogP contribution in [0.15, 0.2) is 24.3 Å². The van der Waals surface area contributed by atoms with E-state index in [0.717, 1.165) is 10.4 Å². The lowest BCUT2D eigenvalue weighted by molar-refractivity contribution is 0.403. The third-order valence-electron chi connectivity index (χ3n) is 2.15. The summed E-state index contributed by atoms with van der Waals surface area (Å²) < 4.78 is 22.3. The molecule has 78 valence electrons. The van der Waals surface area contributed by atoms with E-state index in [-0.39, 0.29) is 5.82 Å². The fourth-order valence-corrected chi connectivity index (χ4v) is 1.94. The normalized spacial score (nSPS) is 10.3. The maximum atomic E-state index is 13.3. The van der Waals surface area contributed by atoms with Gasteiger partial charge in [0.25, 0.3) is 0 Å². The van der Waals surface area contributed by atoms with Gasteiger partial charge in [-0.3, -0.25) is 0 Å². The van der Waals surface area contributed by atoms with Crippen molar-refractivity contribution < 1.29 is 9.13 Å². The van der Waals surface area contributed by atoms with Crippen LogP contribution in [0.4, 0.5) is 4.39 Å². The van der Waals surface area contributed by atoms with Gasteiger partial charge in [-0.15, -0.1) is 0 Å². The molecule has 1 heterocycles. The number of rotatable bonds is 2. The highest BCUT2D eigenvalue weighted by atomic mass is 32.1. The average Bonchev–Trinajstić information content (AvgIpc) is 2.70. The van der Waals surface area contributed by atoms with E-state index in [0.29, 0.717) is 11.4 Å². The quantitative estimate of drug-likeness (QED) is 0.779. The summed E-state index contributed by atoms with van der Waals surface area (Å²) >= 11 is 1.30. The first-order valence-electron chi connectivity index (χ1n) is 4.48. The fraction of sp³-hybridized carbons (Fsp3) is 0.182.